The fourth-order valence-corrected chi connectivity index (χ4v) is 2.99. The summed E-state index contributed by atoms with van der Waals surface area (Å²) < 4.78 is 5.67. The Balaban J connectivity index is 1.32. The maximum atomic E-state index is 12.3. The Hall–Kier alpha value is -3.73. The molecule has 1 N–H and O–H groups in total. The van der Waals surface area contributed by atoms with E-state index in [2.05, 4.69) is 27.6 Å². The topological polar surface area (TPSA) is 68.0 Å². The van der Waals surface area contributed by atoms with Crippen molar-refractivity contribution in [1.82, 2.24) is 10.2 Å². The van der Waals surface area contributed by atoms with E-state index >= 15 is 0 Å². The molecule has 0 aliphatic heterocycles. The molecule has 4 aromatic rings. The van der Waals surface area contributed by atoms with E-state index in [1.54, 1.807) is 0 Å². The number of benzene rings is 3. The Morgan fingerprint density at radius 1 is 0.828 bits per heavy atom. The smallest absolute Gasteiger partial charge is 0.247 e. The highest BCUT2D eigenvalue weighted by Gasteiger charge is 2.11. The third-order valence-electron chi connectivity index (χ3n) is 4.61. The zero-order valence-electron chi connectivity index (χ0n) is 16.1. The quantitative estimate of drug-likeness (QED) is 0.492. The molecule has 0 aliphatic rings. The summed E-state index contributed by atoms with van der Waals surface area (Å²) >= 11 is 0. The van der Waals surface area contributed by atoms with Crippen LogP contribution in [0.5, 0.6) is 0 Å². The molecule has 1 aromatic heterocycles. The van der Waals surface area contributed by atoms with Crippen molar-refractivity contribution in [1.29, 1.82) is 0 Å². The van der Waals surface area contributed by atoms with Crippen molar-refractivity contribution < 1.29 is 9.21 Å². The Morgan fingerprint density at radius 2 is 1.48 bits per heavy atom. The van der Waals surface area contributed by atoms with Gasteiger partial charge in [0.2, 0.25) is 17.7 Å². The minimum atomic E-state index is -0.0902. The molecule has 0 spiro atoms. The van der Waals surface area contributed by atoms with Gasteiger partial charge in [-0.05, 0) is 42.3 Å². The maximum Gasteiger partial charge on any atom is 0.247 e. The molecule has 0 saturated carbocycles. The normalized spacial score (nSPS) is 10.7. The molecule has 0 fully saturated rings. The van der Waals surface area contributed by atoms with E-state index in [9.17, 15) is 4.79 Å². The summed E-state index contributed by atoms with van der Waals surface area (Å²) in [6.45, 7) is 2.02. The third-order valence-corrected chi connectivity index (χ3v) is 4.61. The van der Waals surface area contributed by atoms with Gasteiger partial charge in [-0.3, -0.25) is 4.79 Å². The molecule has 5 nitrogen and oxygen atoms in total. The molecule has 4 rings (SSSR count). The highest BCUT2D eigenvalue weighted by Crippen LogP contribution is 2.21. The van der Waals surface area contributed by atoms with E-state index in [0.29, 0.717) is 18.2 Å². The van der Waals surface area contributed by atoms with E-state index in [1.807, 2.05) is 73.7 Å². The Kier molecular flexibility index (Phi) is 5.47. The van der Waals surface area contributed by atoms with Crippen molar-refractivity contribution in [2.24, 2.45) is 0 Å². The van der Waals surface area contributed by atoms with Crippen LogP contribution >= 0.6 is 0 Å². The largest absolute Gasteiger partial charge is 0.421 e. The van der Waals surface area contributed by atoms with Gasteiger partial charge in [0.15, 0.2) is 0 Å². The molecule has 144 valence electrons. The zero-order valence-corrected chi connectivity index (χ0v) is 16.1. The summed E-state index contributed by atoms with van der Waals surface area (Å²) in [5, 5.41) is 11.0. The summed E-state index contributed by atoms with van der Waals surface area (Å²) in [5.41, 5.74) is 5.06. The average Bonchev–Trinajstić information content (AvgIpc) is 3.23. The number of nitrogens with one attached hydrogen (secondary N) is 1. The molecule has 3 aromatic carbocycles. The van der Waals surface area contributed by atoms with Crippen molar-refractivity contribution in [3.8, 4) is 22.6 Å². The number of carbonyl (C=O) groups excluding carboxylic acids is 1. The van der Waals surface area contributed by atoms with Crippen LogP contribution in [0.1, 0.15) is 17.9 Å². The van der Waals surface area contributed by atoms with Gasteiger partial charge in [-0.15, -0.1) is 10.2 Å². The van der Waals surface area contributed by atoms with E-state index in [0.717, 1.165) is 22.4 Å². The molecular formula is C24H21N3O2. The minimum Gasteiger partial charge on any atom is -0.421 e. The van der Waals surface area contributed by atoms with Gasteiger partial charge in [-0.1, -0.05) is 60.2 Å². The molecular weight excluding hydrogens is 362 g/mol. The van der Waals surface area contributed by atoms with Gasteiger partial charge in [0.1, 0.15) is 0 Å². The fourth-order valence-electron chi connectivity index (χ4n) is 2.99. The summed E-state index contributed by atoms with van der Waals surface area (Å²) in [7, 11) is 0. The number of anilines is 1. The molecule has 0 radical (unpaired) electrons. The van der Waals surface area contributed by atoms with Crippen LogP contribution in [0.4, 0.5) is 5.69 Å². The number of carbonyl (C=O) groups is 1. The van der Waals surface area contributed by atoms with E-state index in [-0.39, 0.29) is 12.3 Å². The standard InChI is InChI=1S/C24H21N3O2/c1-17-7-9-20(10-8-17)24-27-26-23(29-24)16-15-22(28)25-21-13-11-19(12-14-21)18-5-3-2-4-6-18/h2-14H,15-16H2,1H3,(H,25,28). The lowest BCUT2D eigenvalue weighted by atomic mass is 10.1. The second-order valence-corrected chi connectivity index (χ2v) is 6.86. The number of hydrogen-bond donors (Lipinski definition) is 1. The zero-order chi connectivity index (χ0) is 20.1. The van der Waals surface area contributed by atoms with E-state index < -0.39 is 0 Å². The molecule has 0 unspecified atom stereocenters. The van der Waals surface area contributed by atoms with Gasteiger partial charge in [0, 0.05) is 24.1 Å². The average molecular weight is 383 g/mol. The lowest BCUT2D eigenvalue weighted by Gasteiger charge is -2.06. The first-order valence-electron chi connectivity index (χ1n) is 9.52. The first-order chi connectivity index (χ1) is 14.2. The Labute approximate surface area is 169 Å². The maximum absolute atomic E-state index is 12.3. The van der Waals surface area contributed by atoms with Crippen molar-refractivity contribution in [2.45, 2.75) is 19.8 Å². The van der Waals surface area contributed by atoms with Gasteiger partial charge < -0.3 is 9.73 Å². The minimum absolute atomic E-state index is 0.0902. The van der Waals surface area contributed by atoms with Crippen molar-refractivity contribution >= 4 is 11.6 Å². The van der Waals surface area contributed by atoms with Crippen molar-refractivity contribution in [3.05, 3.63) is 90.3 Å². The van der Waals surface area contributed by atoms with Crippen LogP contribution in [0.15, 0.2) is 83.3 Å². The van der Waals surface area contributed by atoms with Crippen molar-refractivity contribution in [2.75, 3.05) is 5.32 Å². The van der Waals surface area contributed by atoms with Crippen LogP contribution in [0.2, 0.25) is 0 Å². The number of amides is 1. The number of nitrogens with zero attached hydrogens (tertiary/aromatic N) is 2. The summed E-state index contributed by atoms with van der Waals surface area (Å²) in [4.78, 5) is 12.3. The van der Waals surface area contributed by atoms with Crippen LogP contribution in [-0.4, -0.2) is 16.1 Å². The van der Waals surface area contributed by atoms with Crippen LogP contribution < -0.4 is 5.32 Å². The summed E-state index contributed by atoms with van der Waals surface area (Å²) in [5.74, 6) is 0.833. The van der Waals surface area contributed by atoms with E-state index in [4.69, 9.17) is 4.42 Å². The lowest BCUT2D eigenvalue weighted by Crippen LogP contribution is -2.12. The van der Waals surface area contributed by atoms with Gasteiger partial charge >= 0.3 is 0 Å². The first kappa shape index (κ1) is 18.6. The molecule has 0 atom stereocenters. The van der Waals surface area contributed by atoms with Crippen molar-refractivity contribution in [3.63, 3.8) is 0 Å². The number of hydrogen-bond acceptors (Lipinski definition) is 4. The Morgan fingerprint density at radius 3 is 2.21 bits per heavy atom. The highest BCUT2D eigenvalue weighted by atomic mass is 16.4. The van der Waals surface area contributed by atoms with Gasteiger partial charge in [-0.25, -0.2) is 0 Å². The first-order valence-corrected chi connectivity index (χ1v) is 9.52. The van der Waals surface area contributed by atoms with Crippen LogP contribution in [0, 0.1) is 6.92 Å². The molecule has 5 heteroatoms. The van der Waals surface area contributed by atoms with Crippen LogP contribution in [0.25, 0.3) is 22.6 Å². The van der Waals surface area contributed by atoms with Crippen LogP contribution in [-0.2, 0) is 11.2 Å². The van der Waals surface area contributed by atoms with Gasteiger partial charge in [-0.2, -0.15) is 0 Å². The monoisotopic (exact) mass is 383 g/mol. The number of aryl methyl sites for hydroxylation is 2. The second-order valence-electron chi connectivity index (χ2n) is 6.86. The highest BCUT2D eigenvalue weighted by molar-refractivity contribution is 5.91. The molecule has 0 saturated heterocycles. The predicted octanol–water partition coefficient (Wildman–Crippen LogP) is 5.28. The molecule has 0 bridgehead atoms. The van der Waals surface area contributed by atoms with E-state index in [1.165, 1.54) is 5.56 Å². The lowest BCUT2D eigenvalue weighted by molar-refractivity contribution is -0.116. The third kappa shape index (κ3) is 4.76. The predicted molar refractivity (Wildman–Crippen MR) is 113 cm³/mol. The van der Waals surface area contributed by atoms with Gasteiger partial charge in [0.25, 0.3) is 0 Å². The fraction of sp³-hybridized carbons (Fsp3) is 0.125. The molecule has 0 aliphatic carbocycles. The Bertz CT molecular complexity index is 1090. The molecule has 29 heavy (non-hydrogen) atoms. The van der Waals surface area contributed by atoms with Crippen LogP contribution in [0.3, 0.4) is 0 Å². The second kappa shape index (κ2) is 8.52. The summed E-state index contributed by atoms with van der Waals surface area (Å²) in [6.07, 6.45) is 0.669. The molecule has 1 heterocycles. The molecule has 1 amide bonds. The number of aromatic nitrogens is 2. The SMILES string of the molecule is Cc1ccc(-c2nnc(CCC(=O)Nc3ccc(-c4ccccc4)cc3)o2)cc1. The summed E-state index contributed by atoms with van der Waals surface area (Å²) in [6, 6.07) is 25.8. The number of rotatable bonds is 6. The van der Waals surface area contributed by atoms with Gasteiger partial charge in [0.05, 0.1) is 0 Å².